The van der Waals surface area contributed by atoms with Gasteiger partial charge < -0.3 is 14.7 Å². The summed E-state index contributed by atoms with van der Waals surface area (Å²) in [4.78, 5) is 32.9. The van der Waals surface area contributed by atoms with Gasteiger partial charge in [0.1, 0.15) is 11.9 Å². The normalized spacial score (nSPS) is 18.4. The summed E-state index contributed by atoms with van der Waals surface area (Å²) >= 11 is 1.40. The summed E-state index contributed by atoms with van der Waals surface area (Å²) < 4.78 is 18.4. The molecule has 5 rings (SSSR count). The van der Waals surface area contributed by atoms with Crippen LogP contribution in [-0.2, 0) is 4.79 Å². The summed E-state index contributed by atoms with van der Waals surface area (Å²) in [5, 5.41) is 8.70. The van der Waals surface area contributed by atoms with E-state index >= 15 is 0 Å². The van der Waals surface area contributed by atoms with Crippen LogP contribution >= 0.6 is 11.3 Å². The molecule has 3 heterocycles. The van der Waals surface area contributed by atoms with Crippen LogP contribution in [0.15, 0.2) is 76.6 Å². The van der Waals surface area contributed by atoms with E-state index in [9.17, 15) is 14.0 Å². The number of thiophene rings is 1. The number of amides is 2. The fraction of sp³-hybridized carbons (Fsp3) is 0.130. The third-order valence-electron chi connectivity index (χ3n) is 5.24. The minimum Gasteiger partial charge on any atom is -0.345 e. The van der Waals surface area contributed by atoms with Crippen molar-refractivity contribution in [1.82, 2.24) is 20.4 Å². The largest absolute Gasteiger partial charge is 0.345 e. The van der Waals surface area contributed by atoms with Gasteiger partial charge in [0.25, 0.3) is 17.6 Å². The molecule has 0 radical (unpaired) electrons. The van der Waals surface area contributed by atoms with Gasteiger partial charge in [-0.2, -0.15) is 4.98 Å². The Bertz CT molecular complexity index is 1240. The molecule has 0 spiro atoms. The first-order valence-corrected chi connectivity index (χ1v) is 10.8. The average molecular weight is 448 g/mol. The standard InChI is InChI=1S/C23H17FN4O3S/c24-16-10-8-15(9-11-16)22-26-20(27-31-22)23(30)28-13-17(14-5-2-1-3-6-14)25-21(29)19(28)18-7-4-12-32-18/h1-12,17,19H,13H2,(H,25,29)/t17-,19+/m1/s1. The number of hydrogen-bond donors (Lipinski definition) is 1. The second kappa shape index (κ2) is 8.35. The molecule has 2 amide bonds. The first-order chi connectivity index (χ1) is 15.6. The molecule has 1 aliphatic rings. The van der Waals surface area contributed by atoms with E-state index in [0.29, 0.717) is 5.56 Å². The maximum atomic E-state index is 13.4. The molecular formula is C23H17FN4O3S. The van der Waals surface area contributed by atoms with Crippen LogP contribution in [0.4, 0.5) is 4.39 Å². The van der Waals surface area contributed by atoms with Gasteiger partial charge in [-0.1, -0.05) is 41.6 Å². The molecule has 160 valence electrons. The lowest BCUT2D eigenvalue weighted by Crippen LogP contribution is -2.53. The number of nitrogens with zero attached hydrogens (tertiary/aromatic N) is 3. The Balaban J connectivity index is 1.48. The van der Waals surface area contributed by atoms with Crippen LogP contribution in [0.2, 0.25) is 0 Å². The summed E-state index contributed by atoms with van der Waals surface area (Å²) in [5.41, 5.74) is 1.38. The summed E-state index contributed by atoms with van der Waals surface area (Å²) in [6.45, 7) is 0.248. The molecule has 4 aromatic rings. The molecule has 7 nitrogen and oxygen atoms in total. The van der Waals surface area contributed by atoms with Crippen LogP contribution in [0, 0.1) is 5.82 Å². The van der Waals surface area contributed by atoms with Crippen molar-refractivity contribution in [3.05, 3.63) is 94.2 Å². The maximum absolute atomic E-state index is 13.4. The highest BCUT2D eigenvalue weighted by molar-refractivity contribution is 7.10. The van der Waals surface area contributed by atoms with Crippen LogP contribution < -0.4 is 5.32 Å². The first kappa shape index (κ1) is 20.1. The van der Waals surface area contributed by atoms with Gasteiger partial charge >= 0.3 is 0 Å². The lowest BCUT2D eigenvalue weighted by molar-refractivity contribution is -0.129. The number of carbonyl (C=O) groups is 2. The molecule has 2 aromatic carbocycles. The van der Waals surface area contributed by atoms with Crippen LogP contribution in [0.3, 0.4) is 0 Å². The van der Waals surface area contributed by atoms with Gasteiger partial charge in [-0.25, -0.2) is 4.39 Å². The van der Waals surface area contributed by atoms with Gasteiger partial charge in [-0.3, -0.25) is 9.59 Å². The highest BCUT2D eigenvalue weighted by atomic mass is 32.1. The molecule has 0 aliphatic carbocycles. The highest BCUT2D eigenvalue weighted by Gasteiger charge is 2.41. The number of piperazine rings is 1. The number of halogens is 1. The van der Waals surface area contributed by atoms with Crippen molar-refractivity contribution in [2.24, 2.45) is 0 Å². The van der Waals surface area contributed by atoms with Crippen LogP contribution in [0.1, 0.15) is 33.1 Å². The van der Waals surface area contributed by atoms with E-state index in [-0.39, 0.29) is 30.2 Å². The van der Waals surface area contributed by atoms with E-state index in [1.165, 1.54) is 40.5 Å². The Kier molecular flexibility index (Phi) is 5.24. The first-order valence-electron chi connectivity index (χ1n) is 9.89. The van der Waals surface area contributed by atoms with Gasteiger partial charge in [0.2, 0.25) is 5.91 Å². The average Bonchev–Trinajstić information content (AvgIpc) is 3.52. The number of carbonyl (C=O) groups excluding carboxylic acids is 2. The lowest BCUT2D eigenvalue weighted by atomic mass is 10.00. The van der Waals surface area contributed by atoms with E-state index in [2.05, 4.69) is 15.5 Å². The predicted octanol–water partition coefficient (Wildman–Crippen LogP) is 3.99. The molecule has 0 bridgehead atoms. The van der Waals surface area contributed by atoms with Gasteiger partial charge in [-0.15, -0.1) is 11.3 Å². The molecule has 1 saturated heterocycles. The summed E-state index contributed by atoms with van der Waals surface area (Å²) in [5.74, 6) is -1.25. The number of rotatable bonds is 4. The minimum atomic E-state index is -0.796. The zero-order valence-electron chi connectivity index (χ0n) is 16.6. The van der Waals surface area contributed by atoms with Gasteiger partial charge in [0.05, 0.1) is 6.04 Å². The Morgan fingerprint density at radius 1 is 1.09 bits per heavy atom. The number of hydrogen-bond acceptors (Lipinski definition) is 6. The van der Waals surface area contributed by atoms with Crippen molar-refractivity contribution in [1.29, 1.82) is 0 Å². The molecular weight excluding hydrogens is 431 g/mol. The Labute approximate surface area is 186 Å². The monoisotopic (exact) mass is 448 g/mol. The van der Waals surface area contributed by atoms with Crippen molar-refractivity contribution in [3.63, 3.8) is 0 Å². The molecule has 1 aliphatic heterocycles. The summed E-state index contributed by atoms with van der Waals surface area (Å²) in [6.07, 6.45) is 0. The van der Waals surface area contributed by atoms with E-state index in [1.807, 2.05) is 47.8 Å². The molecule has 1 fully saturated rings. The second-order valence-corrected chi connectivity index (χ2v) is 8.26. The van der Waals surface area contributed by atoms with Gasteiger partial charge in [-0.05, 0) is 41.3 Å². The minimum absolute atomic E-state index is 0.0992. The van der Waals surface area contributed by atoms with Crippen LogP contribution in [-0.4, -0.2) is 33.4 Å². The molecule has 0 unspecified atom stereocenters. The predicted molar refractivity (Wildman–Crippen MR) is 115 cm³/mol. The smallest absolute Gasteiger partial charge is 0.296 e. The summed E-state index contributed by atoms with van der Waals surface area (Å²) in [6, 6.07) is 17.5. The van der Waals surface area contributed by atoms with E-state index < -0.39 is 17.8 Å². The van der Waals surface area contributed by atoms with Crippen molar-refractivity contribution in [2.75, 3.05) is 6.54 Å². The van der Waals surface area contributed by atoms with Crippen molar-refractivity contribution in [3.8, 4) is 11.5 Å². The Morgan fingerprint density at radius 3 is 2.59 bits per heavy atom. The molecule has 9 heteroatoms. The fourth-order valence-corrected chi connectivity index (χ4v) is 4.53. The quantitative estimate of drug-likeness (QED) is 0.510. The zero-order chi connectivity index (χ0) is 22.1. The Hall–Kier alpha value is -3.85. The molecule has 32 heavy (non-hydrogen) atoms. The van der Waals surface area contributed by atoms with E-state index in [4.69, 9.17) is 4.52 Å². The molecule has 2 aromatic heterocycles. The number of aromatic nitrogens is 2. The van der Waals surface area contributed by atoms with E-state index in [1.54, 1.807) is 0 Å². The number of benzene rings is 2. The Morgan fingerprint density at radius 2 is 1.88 bits per heavy atom. The van der Waals surface area contributed by atoms with Crippen molar-refractivity contribution < 1.29 is 18.5 Å². The van der Waals surface area contributed by atoms with Crippen molar-refractivity contribution in [2.45, 2.75) is 12.1 Å². The third-order valence-corrected chi connectivity index (χ3v) is 6.16. The van der Waals surface area contributed by atoms with Gasteiger partial charge in [0.15, 0.2) is 0 Å². The SMILES string of the molecule is O=C1N[C@@H](c2ccccc2)CN(C(=O)c2noc(-c3ccc(F)cc3)n2)[C@H]1c1cccs1. The lowest BCUT2D eigenvalue weighted by Gasteiger charge is -2.38. The zero-order valence-corrected chi connectivity index (χ0v) is 17.5. The highest BCUT2D eigenvalue weighted by Crippen LogP contribution is 2.33. The molecule has 0 saturated carbocycles. The van der Waals surface area contributed by atoms with Gasteiger partial charge in [0, 0.05) is 17.0 Å². The fourth-order valence-electron chi connectivity index (χ4n) is 3.69. The molecule has 2 atom stereocenters. The number of nitrogens with one attached hydrogen (secondary N) is 1. The molecule has 1 N–H and O–H groups in total. The van der Waals surface area contributed by atoms with Crippen LogP contribution in [0.25, 0.3) is 11.5 Å². The summed E-state index contributed by atoms with van der Waals surface area (Å²) in [7, 11) is 0. The second-order valence-electron chi connectivity index (χ2n) is 7.28. The van der Waals surface area contributed by atoms with E-state index in [0.717, 1.165) is 10.4 Å². The maximum Gasteiger partial charge on any atom is 0.296 e. The van der Waals surface area contributed by atoms with Crippen LogP contribution in [0.5, 0.6) is 0 Å². The third kappa shape index (κ3) is 3.78. The van der Waals surface area contributed by atoms with Crippen molar-refractivity contribution >= 4 is 23.2 Å². The topological polar surface area (TPSA) is 88.3 Å².